The van der Waals surface area contributed by atoms with Crippen molar-refractivity contribution in [2.75, 3.05) is 19.6 Å². The smallest absolute Gasteiger partial charge is 0.295 e. The van der Waals surface area contributed by atoms with Gasteiger partial charge in [-0.15, -0.1) is 6.42 Å². The first-order valence-electron chi connectivity index (χ1n) is 4.28. The Morgan fingerprint density at radius 1 is 1.75 bits per heavy atom. The first-order chi connectivity index (χ1) is 5.83. The van der Waals surface area contributed by atoms with Gasteiger partial charge in [0.05, 0.1) is 0 Å². The largest absolute Gasteiger partial charge is 0.345 e. The van der Waals surface area contributed by atoms with Crippen molar-refractivity contribution in [3.63, 3.8) is 0 Å². The Kier molecular flexibility index (Phi) is 3.62. The maximum atomic E-state index is 10.6. The van der Waals surface area contributed by atoms with Crippen LogP contribution in [0.2, 0.25) is 0 Å². The Bertz CT molecular complexity index is 189. The van der Waals surface area contributed by atoms with Gasteiger partial charge in [-0.2, -0.15) is 0 Å². The zero-order valence-corrected chi connectivity index (χ0v) is 7.10. The van der Waals surface area contributed by atoms with Crippen molar-refractivity contribution in [2.45, 2.75) is 12.8 Å². The number of carbonyl (C=O) groups excluding carboxylic acids is 1. The summed E-state index contributed by atoms with van der Waals surface area (Å²) in [5, 5.41) is 5.93. The van der Waals surface area contributed by atoms with Gasteiger partial charge in [0.1, 0.15) is 0 Å². The van der Waals surface area contributed by atoms with Gasteiger partial charge in [0, 0.05) is 6.54 Å². The zero-order valence-electron chi connectivity index (χ0n) is 7.10. The molecule has 1 aliphatic heterocycles. The molecule has 0 aromatic rings. The van der Waals surface area contributed by atoms with Crippen LogP contribution in [0, 0.1) is 18.3 Å². The molecule has 0 aliphatic carbocycles. The van der Waals surface area contributed by atoms with Crippen LogP contribution in [0.3, 0.4) is 0 Å². The summed E-state index contributed by atoms with van der Waals surface area (Å²) >= 11 is 0. The van der Waals surface area contributed by atoms with Crippen LogP contribution in [0.4, 0.5) is 0 Å². The first-order valence-corrected chi connectivity index (χ1v) is 4.28. The number of carbonyl (C=O) groups is 1. The molecule has 1 unspecified atom stereocenters. The fourth-order valence-corrected chi connectivity index (χ4v) is 1.40. The third kappa shape index (κ3) is 2.93. The van der Waals surface area contributed by atoms with Crippen LogP contribution in [0.1, 0.15) is 12.8 Å². The van der Waals surface area contributed by atoms with Crippen LogP contribution in [0.5, 0.6) is 0 Å². The van der Waals surface area contributed by atoms with Gasteiger partial charge in [-0.3, -0.25) is 4.79 Å². The molecule has 0 aromatic carbocycles. The predicted octanol–water partition coefficient (Wildman–Crippen LogP) is -0.265. The second-order valence-corrected chi connectivity index (χ2v) is 3.05. The average Bonchev–Trinajstić information content (AvgIpc) is 2.57. The molecule has 1 aliphatic rings. The summed E-state index contributed by atoms with van der Waals surface area (Å²) in [6.07, 6.45) is 7.13. The minimum absolute atomic E-state index is 0.305. The Morgan fingerprint density at radius 2 is 2.58 bits per heavy atom. The molecule has 1 fully saturated rings. The zero-order chi connectivity index (χ0) is 8.81. The number of hydrogen-bond acceptors (Lipinski definition) is 2. The lowest BCUT2D eigenvalue weighted by Crippen LogP contribution is -2.24. The highest BCUT2D eigenvalue weighted by atomic mass is 16.1. The van der Waals surface area contributed by atoms with Crippen molar-refractivity contribution in [1.82, 2.24) is 10.6 Å². The molecule has 3 heteroatoms. The quantitative estimate of drug-likeness (QED) is 0.567. The van der Waals surface area contributed by atoms with E-state index in [0.717, 1.165) is 19.5 Å². The van der Waals surface area contributed by atoms with Crippen molar-refractivity contribution < 1.29 is 4.79 Å². The lowest BCUT2D eigenvalue weighted by molar-refractivity contribution is -0.115. The van der Waals surface area contributed by atoms with Gasteiger partial charge >= 0.3 is 0 Å². The van der Waals surface area contributed by atoms with Gasteiger partial charge in [0.25, 0.3) is 5.91 Å². The van der Waals surface area contributed by atoms with E-state index in [-0.39, 0.29) is 5.91 Å². The van der Waals surface area contributed by atoms with E-state index < -0.39 is 0 Å². The summed E-state index contributed by atoms with van der Waals surface area (Å²) in [4.78, 5) is 10.6. The second kappa shape index (κ2) is 4.78. The van der Waals surface area contributed by atoms with E-state index in [2.05, 4.69) is 10.6 Å². The van der Waals surface area contributed by atoms with E-state index in [4.69, 9.17) is 6.42 Å². The molecule has 3 nitrogen and oxygen atoms in total. The van der Waals surface area contributed by atoms with E-state index in [9.17, 15) is 4.79 Å². The minimum atomic E-state index is -0.305. The highest BCUT2D eigenvalue weighted by Gasteiger charge is 2.13. The molecule has 0 aromatic heterocycles. The molecule has 0 bridgehead atoms. The van der Waals surface area contributed by atoms with Gasteiger partial charge in [0.15, 0.2) is 0 Å². The van der Waals surface area contributed by atoms with Gasteiger partial charge in [-0.1, -0.05) is 0 Å². The average molecular weight is 166 g/mol. The molecule has 0 saturated carbocycles. The van der Waals surface area contributed by atoms with Gasteiger partial charge in [-0.05, 0) is 37.8 Å². The SMILES string of the molecule is C#CC(=O)NCCC1CCNC1. The normalized spacial score (nSPS) is 21.8. The molecule has 1 heterocycles. The van der Waals surface area contributed by atoms with Crippen LogP contribution in [0.15, 0.2) is 0 Å². The van der Waals surface area contributed by atoms with E-state index in [1.807, 2.05) is 5.92 Å². The van der Waals surface area contributed by atoms with Gasteiger partial charge in [0.2, 0.25) is 0 Å². The van der Waals surface area contributed by atoms with Crippen LogP contribution in [-0.4, -0.2) is 25.5 Å². The lowest BCUT2D eigenvalue weighted by Gasteiger charge is -2.06. The Labute approximate surface area is 72.9 Å². The number of nitrogens with one attached hydrogen (secondary N) is 2. The van der Waals surface area contributed by atoms with E-state index in [1.165, 1.54) is 6.42 Å². The summed E-state index contributed by atoms with van der Waals surface area (Å²) in [6.45, 7) is 2.88. The summed E-state index contributed by atoms with van der Waals surface area (Å²) in [6, 6.07) is 0. The molecule has 1 amide bonds. The molecule has 12 heavy (non-hydrogen) atoms. The van der Waals surface area contributed by atoms with Crippen LogP contribution in [-0.2, 0) is 4.79 Å². The third-order valence-corrected chi connectivity index (χ3v) is 2.13. The van der Waals surface area contributed by atoms with Crippen molar-refractivity contribution in [3.05, 3.63) is 0 Å². The number of rotatable bonds is 3. The highest BCUT2D eigenvalue weighted by Crippen LogP contribution is 2.10. The number of terminal acetylenes is 1. The molecule has 1 rings (SSSR count). The van der Waals surface area contributed by atoms with Crippen LogP contribution < -0.4 is 10.6 Å². The predicted molar refractivity (Wildman–Crippen MR) is 47.4 cm³/mol. The lowest BCUT2D eigenvalue weighted by atomic mass is 10.1. The van der Waals surface area contributed by atoms with Crippen LogP contribution >= 0.6 is 0 Å². The number of amides is 1. The molecular weight excluding hydrogens is 152 g/mol. The second-order valence-electron chi connectivity index (χ2n) is 3.05. The Morgan fingerprint density at radius 3 is 3.17 bits per heavy atom. The van der Waals surface area contributed by atoms with Gasteiger partial charge < -0.3 is 10.6 Å². The molecule has 1 saturated heterocycles. The van der Waals surface area contributed by atoms with Crippen LogP contribution in [0.25, 0.3) is 0 Å². The minimum Gasteiger partial charge on any atom is -0.345 e. The van der Waals surface area contributed by atoms with Crippen molar-refractivity contribution >= 4 is 5.91 Å². The molecule has 66 valence electrons. The Balaban J connectivity index is 2.02. The standard InChI is InChI=1S/C9H14N2O/c1-2-9(12)11-6-4-8-3-5-10-7-8/h1,8,10H,3-7H2,(H,11,12). The topological polar surface area (TPSA) is 41.1 Å². The monoisotopic (exact) mass is 166 g/mol. The first kappa shape index (κ1) is 9.08. The molecule has 0 radical (unpaired) electrons. The fraction of sp³-hybridized carbons (Fsp3) is 0.667. The number of hydrogen-bond donors (Lipinski definition) is 2. The van der Waals surface area contributed by atoms with E-state index in [1.54, 1.807) is 0 Å². The molecule has 2 N–H and O–H groups in total. The molecule has 0 spiro atoms. The van der Waals surface area contributed by atoms with Gasteiger partial charge in [-0.25, -0.2) is 0 Å². The van der Waals surface area contributed by atoms with E-state index >= 15 is 0 Å². The fourth-order valence-electron chi connectivity index (χ4n) is 1.40. The third-order valence-electron chi connectivity index (χ3n) is 2.13. The summed E-state index contributed by atoms with van der Waals surface area (Å²) in [5.41, 5.74) is 0. The van der Waals surface area contributed by atoms with E-state index in [0.29, 0.717) is 12.5 Å². The van der Waals surface area contributed by atoms with Crippen molar-refractivity contribution in [2.24, 2.45) is 5.92 Å². The molecular formula is C9H14N2O. The molecule has 1 atom stereocenters. The maximum Gasteiger partial charge on any atom is 0.295 e. The Hall–Kier alpha value is -1.01. The maximum absolute atomic E-state index is 10.6. The summed E-state index contributed by atoms with van der Waals surface area (Å²) in [5.74, 6) is 2.43. The highest BCUT2D eigenvalue weighted by molar-refractivity contribution is 5.92. The summed E-state index contributed by atoms with van der Waals surface area (Å²) < 4.78 is 0. The van der Waals surface area contributed by atoms with Crippen molar-refractivity contribution in [3.8, 4) is 12.3 Å². The van der Waals surface area contributed by atoms with Crippen molar-refractivity contribution in [1.29, 1.82) is 0 Å². The summed E-state index contributed by atoms with van der Waals surface area (Å²) in [7, 11) is 0.